The van der Waals surface area contributed by atoms with Crippen LogP contribution in [0.1, 0.15) is 12.5 Å². The summed E-state index contributed by atoms with van der Waals surface area (Å²) >= 11 is 0. The summed E-state index contributed by atoms with van der Waals surface area (Å²) in [5.74, 6) is 0. The largest absolute Gasteiger partial charge is 0.383 e. The van der Waals surface area contributed by atoms with Crippen LogP contribution < -0.4 is 5.32 Å². The molecule has 0 radical (unpaired) electrons. The van der Waals surface area contributed by atoms with Crippen LogP contribution in [0.15, 0.2) is 24.5 Å². The molecule has 1 N–H and O–H groups in total. The first-order valence-electron chi connectivity index (χ1n) is 4.44. The van der Waals surface area contributed by atoms with Gasteiger partial charge in [0.05, 0.1) is 6.61 Å². The molecule has 0 aliphatic carbocycles. The van der Waals surface area contributed by atoms with Gasteiger partial charge in [-0.25, -0.2) is 0 Å². The number of rotatable bonds is 5. The van der Waals surface area contributed by atoms with Crippen LogP contribution in [0.2, 0.25) is 0 Å². The van der Waals surface area contributed by atoms with Gasteiger partial charge in [-0.15, -0.1) is 0 Å². The maximum atomic E-state index is 5.01. The van der Waals surface area contributed by atoms with Crippen LogP contribution in [0.5, 0.6) is 0 Å². The van der Waals surface area contributed by atoms with E-state index in [0.717, 1.165) is 13.2 Å². The molecular formula is C10H16N2O. The molecule has 0 amide bonds. The molecule has 0 bridgehead atoms. The van der Waals surface area contributed by atoms with E-state index in [0.29, 0.717) is 6.04 Å². The summed E-state index contributed by atoms with van der Waals surface area (Å²) in [6.07, 6.45) is 3.65. The Balaban J connectivity index is 2.27. The summed E-state index contributed by atoms with van der Waals surface area (Å²) in [7, 11) is 1.71. The van der Waals surface area contributed by atoms with E-state index in [1.165, 1.54) is 5.56 Å². The number of methoxy groups -OCH3 is 1. The summed E-state index contributed by atoms with van der Waals surface area (Å²) in [5, 5.41) is 3.33. The van der Waals surface area contributed by atoms with Gasteiger partial charge in [-0.2, -0.15) is 0 Å². The average molecular weight is 180 g/mol. The lowest BCUT2D eigenvalue weighted by molar-refractivity contribution is 0.171. The van der Waals surface area contributed by atoms with Crippen LogP contribution in [0.25, 0.3) is 0 Å². The van der Waals surface area contributed by atoms with Crippen molar-refractivity contribution >= 4 is 0 Å². The highest BCUT2D eigenvalue weighted by Gasteiger charge is 1.99. The minimum absolute atomic E-state index is 0.380. The maximum Gasteiger partial charge on any atom is 0.0613 e. The van der Waals surface area contributed by atoms with E-state index >= 15 is 0 Å². The van der Waals surface area contributed by atoms with E-state index in [9.17, 15) is 0 Å². The molecule has 0 saturated heterocycles. The lowest BCUT2D eigenvalue weighted by atomic mass is 10.2. The Morgan fingerprint density at radius 3 is 3.08 bits per heavy atom. The molecule has 3 heteroatoms. The predicted molar refractivity (Wildman–Crippen MR) is 52.4 cm³/mol. The minimum atomic E-state index is 0.380. The molecule has 3 nitrogen and oxygen atoms in total. The van der Waals surface area contributed by atoms with Crippen molar-refractivity contribution in [3.8, 4) is 0 Å². The number of aromatic nitrogens is 1. The molecular weight excluding hydrogens is 164 g/mol. The first-order chi connectivity index (χ1) is 6.33. The quantitative estimate of drug-likeness (QED) is 0.739. The second-order valence-corrected chi connectivity index (χ2v) is 3.10. The van der Waals surface area contributed by atoms with Gasteiger partial charge in [-0.3, -0.25) is 4.98 Å². The van der Waals surface area contributed by atoms with Gasteiger partial charge in [0.1, 0.15) is 0 Å². The highest BCUT2D eigenvalue weighted by molar-refractivity contribution is 5.07. The van der Waals surface area contributed by atoms with Crippen molar-refractivity contribution in [2.24, 2.45) is 0 Å². The van der Waals surface area contributed by atoms with Gasteiger partial charge >= 0.3 is 0 Å². The molecule has 1 aromatic heterocycles. The van der Waals surface area contributed by atoms with Crippen molar-refractivity contribution in [2.45, 2.75) is 19.5 Å². The Morgan fingerprint density at radius 1 is 1.62 bits per heavy atom. The molecule has 0 unspecified atom stereocenters. The molecule has 0 fully saturated rings. The molecule has 0 aliphatic heterocycles. The van der Waals surface area contributed by atoms with E-state index in [1.807, 2.05) is 12.3 Å². The fraction of sp³-hybridized carbons (Fsp3) is 0.500. The Labute approximate surface area is 79.1 Å². The number of pyridine rings is 1. The van der Waals surface area contributed by atoms with Gasteiger partial charge in [0.15, 0.2) is 0 Å². The molecule has 72 valence electrons. The third-order valence-electron chi connectivity index (χ3n) is 1.79. The van der Waals surface area contributed by atoms with Gasteiger partial charge in [-0.05, 0) is 18.6 Å². The van der Waals surface area contributed by atoms with E-state index in [2.05, 4.69) is 23.3 Å². The molecule has 1 atom stereocenters. The second-order valence-electron chi connectivity index (χ2n) is 3.10. The zero-order valence-corrected chi connectivity index (χ0v) is 8.16. The van der Waals surface area contributed by atoms with Gasteiger partial charge < -0.3 is 10.1 Å². The molecule has 13 heavy (non-hydrogen) atoms. The molecule has 0 aromatic carbocycles. The van der Waals surface area contributed by atoms with Crippen LogP contribution in [-0.4, -0.2) is 24.7 Å². The van der Waals surface area contributed by atoms with Crippen molar-refractivity contribution in [1.82, 2.24) is 10.3 Å². The zero-order valence-electron chi connectivity index (χ0n) is 8.16. The number of nitrogens with zero attached hydrogens (tertiary/aromatic N) is 1. The van der Waals surface area contributed by atoms with Crippen LogP contribution in [-0.2, 0) is 11.3 Å². The normalized spacial score (nSPS) is 12.8. The van der Waals surface area contributed by atoms with Crippen molar-refractivity contribution in [2.75, 3.05) is 13.7 Å². The van der Waals surface area contributed by atoms with Crippen LogP contribution in [0.4, 0.5) is 0 Å². The fourth-order valence-corrected chi connectivity index (χ4v) is 1.10. The Kier molecular flexibility index (Phi) is 4.43. The zero-order chi connectivity index (χ0) is 9.52. The summed E-state index contributed by atoms with van der Waals surface area (Å²) in [6.45, 7) is 3.68. The second kappa shape index (κ2) is 5.67. The Morgan fingerprint density at radius 2 is 2.46 bits per heavy atom. The van der Waals surface area contributed by atoms with Gasteiger partial charge in [0.25, 0.3) is 0 Å². The summed E-state index contributed by atoms with van der Waals surface area (Å²) in [4.78, 5) is 4.04. The average Bonchev–Trinajstić information content (AvgIpc) is 2.17. The van der Waals surface area contributed by atoms with Crippen molar-refractivity contribution < 1.29 is 4.74 Å². The molecule has 1 heterocycles. The monoisotopic (exact) mass is 180 g/mol. The SMILES string of the molecule is COC[C@H](C)NCc1cccnc1. The smallest absolute Gasteiger partial charge is 0.0613 e. The number of ether oxygens (including phenoxy) is 1. The third-order valence-corrected chi connectivity index (χ3v) is 1.79. The first-order valence-corrected chi connectivity index (χ1v) is 4.44. The third kappa shape index (κ3) is 4.01. The van der Waals surface area contributed by atoms with Crippen LogP contribution in [0.3, 0.4) is 0 Å². The lowest BCUT2D eigenvalue weighted by Crippen LogP contribution is -2.29. The molecule has 0 aliphatic rings. The van der Waals surface area contributed by atoms with Crippen molar-refractivity contribution in [3.63, 3.8) is 0 Å². The summed E-state index contributed by atoms with van der Waals surface area (Å²) < 4.78 is 5.01. The fourth-order valence-electron chi connectivity index (χ4n) is 1.10. The Bertz CT molecular complexity index is 226. The van der Waals surface area contributed by atoms with Gasteiger partial charge in [0, 0.05) is 32.1 Å². The first kappa shape index (κ1) is 10.2. The standard InChI is InChI=1S/C10H16N2O/c1-9(8-13-2)12-7-10-4-3-5-11-6-10/h3-6,9,12H,7-8H2,1-2H3/t9-/m0/s1. The number of nitrogens with one attached hydrogen (secondary N) is 1. The highest BCUT2D eigenvalue weighted by Crippen LogP contribution is 1.95. The number of hydrogen-bond acceptors (Lipinski definition) is 3. The van der Waals surface area contributed by atoms with E-state index in [1.54, 1.807) is 13.3 Å². The lowest BCUT2D eigenvalue weighted by Gasteiger charge is -2.11. The van der Waals surface area contributed by atoms with E-state index < -0.39 is 0 Å². The maximum absolute atomic E-state index is 5.01. The molecule has 0 spiro atoms. The topological polar surface area (TPSA) is 34.1 Å². The van der Waals surface area contributed by atoms with Crippen LogP contribution in [0, 0.1) is 0 Å². The van der Waals surface area contributed by atoms with Crippen LogP contribution >= 0.6 is 0 Å². The number of hydrogen-bond donors (Lipinski definition) is 1. The van der Waals surface area contributed by atoms with Gasteiger partial charge in [-0.1, -0.05) is 6.07 Å². The highest BCUT2D eigenvalue weighted by atomic mass is 16.5. The van der Waals surface area contributed by atoms with Gasteiger partial charge in [0.2, 0.25) is 0 Å². The Hall–Kier alpha value is -0.930. The van der Waals surface area contributed by atoms with E-state index in [-0.39, 0.29) is 0 Å². The van der Waals surface area contributed by atoms with Crippen molar-refractivity contribution in [3.05, 3.63) is 30.1 Å². The summed E-state index contributed by atoms with van der Waals surface area (Å²) in [5.41, 5.74) is 1.20. The molecule has 1 aromatic rings. The van der Waals surface area contributed by atoms with E-state index in [4.69, 9.17) is 4.74 Å². The summed E-state index contributed by atoms with van der Waals surface area (Å²) in [6, 6.07) is 4.38. The minimum Gasteiger partial charge on any atom is -0.383 e. The molecule has 1 rings (SSSR count). The molecule has 0 saturated carbocycles. The predicted octanol–water partition coefficient (Wildman–Crippen LogP) is 1.21. The van der Waals surface area contributed by atoms with Crippen molar-refractivity contribution in [1.29, 1.82) is 0 Å².